The first-order valence-corrected chi connectivity index (χ1v) is 3.73. The fraction of sp³-hybridized carbons (Fsp3) is 1.00. The fourth-order valence-corrected chi connectivity index (χ4v) is 1.38. The van der Waals surface area contributed by atoms with Gasteiger partial charge in [-0.05, 0) is 26.3 Å². The van der Waals surface area contributed by atoms with Crippen LogP contribution in [-0.4, -0.2) is 35.0 Å². The van der Waals surface area contributed by atoms with Gasteiger partial charge in [0.1, 0.15) is 0 Å². The summed E-state index contributed by atoms with van der Waals surface area (Å²) in [4.78, 5) is 0. The van der Waals surface area contributed by atoms with Crippen LogP contribution < -0.4 is 5.32 Å². The van der Waals surface area contributed by atoms with E-state index >= 15 is 0 Å². The molecule has 0 bridgehead atoms. The van der Waals surface area contributed by atoms with Gasteiger partial charge in [0.2, 0.25) is 0 Å². The van der Waals surface area contributed by atoms with Crippen LogP contribution in [0.15, 0.2) is 0 Å². The van der Waals surface area contributed by atoms with Crippen LogP contribution in [0.25, 0.3) is 0 Å². The van der Waals surface area contributed by atoms with Gasteiger partial charge in [-0.1, -0.05) is 0 Å². The van der Waals surface area contributed by atoms with Crippen LogP contribution in [0.1, 0.15) is 19.8 Å². The Bertz CT molecular complexity index is 114. The third-order valence-electron chi connectivity index (χ3n) is 2.18. The molecule has 0 aromatic heterocycles. The zero-order valence-corrected chi connectivity index (χ0v) is 6.30. The third kappa shape index (κ3) is 1.48. The lowest BCUT2D eigenvalue weighted by Crippen LogP contribution is -2.54. The standard InChI is InChI=1S/C7H15NO2/c1-7(10)3-2-4-8-6(7)5-9/h6,8-10H,2-5H2,1H3. The van der Waals surface area contributed by atoms with E-state index in [9.17, 15) is 5.11 Å². The van der Waals surface area contributed by atoms with Crippen molar-refractivity contribution in [3.05, 3.63) is 0 Å². The maximum absolute atomic E-state index is 9.61. The van der Waals surface area contributed by atoms with Gasteiger partial charge in [-0.25, -0.2) is 0 Å². The van der Waals surface area contributed by atoms with Gasteiger partial charge in [0.25, 0.3) is 0 Å². The van der Waals surface area contributed by atoms with E-state index in [1.807, 2.05) is 0 Å². The second kappa shape index (κ2) is 2.86. The predicted octanol–water partition coefficient (Wildman–Crippen LogP) is -0.518. The van der Waals surface area contributed by atoms with Crippen molar-refractivity contribution >= 4 is 0 Å². The van der Waals surface area contributed by atoms with E-state index < -0.39 is 5.60 Å². The van der Waals surface area contributed by atoms with Gasteiger partial charge >= 0.3 is 0 Å². The SMILES string of the molecule is CC1(O)CCCNC1CO. The van der Waals surface area contributed by atoms with Crippen molar-refractivity contribution < 1.29 is 10.2 Å². The summed E-state index contributed by atoms with van der Waals surface area (Å²) < 4.78 is 0. The monoisotopic (exact) mass is 145 g/mol. The molecule has 0 amide bonds. The Morgan fingerprint density at radius 3 is 2.80 bits per heavy atom. The molecule has 0 radical (unpaired) electrons. The summed E-state index contributed by atoms with van der Waals surface area (Å²) in [5, 5.41) is 21.5. The Kier molecular flexibility index (Phi) is 2.28. The highest BCUT2D eigenvalue weighted by Crippen LogP contribution is 2.20. The number of aliphatic hydroxyl groups excluding tert-OH is 1. The minimum Gasteiger partial charge on any atom is -0.395 e. The molecular formula is C7H15NO2. The molecule has 3 N–H and O–H groups in total. The molecule has 1 fully saturated rings. The van der Waals surface area contributed by atoms with Crippen molar-refractivity contribution in [1.82, 2.24) is 5.32 Å². The van der Waals surface area contributed by atoms with Gasteiger partial charge in [0.05, 0.1) is 18.2 Å². The molecule has 1 aliphatic rings. The second-order valence-corrected chi connectivity index (χ2v) is 3.15. The number of piperidine rings is 1. The summed E-state index contributed by atoms with van der Waals surface area (Å²) in [5.41, 5.74) is -0.715. The van der Waals surface area contributed by atoms with E-state index in [-0.39, 0.29) is 12.6 Å². The van der Waals surface area contributed by atoms with E-state index in [0.717, 1.165) is 19.4 Å². The molecule has 3 nitrogen and oxygen atoms in total. The van der Waals surface area contributed by atoms with E-state index in [4.69, 9.17) is 5.11 Å². The first kappa shape index (κ1) is 7.98. The maximum atomic E-state index is 9.61. The molecule has 10 heavy (non-hydrogen) atoms. The Morgan fingerprint density at radius 1 is 1.70 bits per heavy atom. The van der Waals surface area contributed by atoms with Gasteiger partial charge in [0.15, 0.2) is 0 Å². The molecule has 1 aliphatic heterocycles. The van der Waals surface area contributed by atoms with Crippen LogP contribution in [0.3, 0.4) is 0 Å². The molecule has 0 saturated carbocycles. The number of hydrogen-bond acceptors (Lipinski definition) is 3. The molecule has 0 aromatic carbocycles. The van der Waals surface area contributed by atoms with Crippen LogP contribution in [-0.2, 0) is 0 Å². The quantitative estimate of drug-likeness (QED) is 0.465. The van der Waals surface area contributed by atoms with Crippen LogP contribution in [0, 0.1) is 0 Å². The first-order valence-electron chi connectivity index (χ1n) is 3.73. The number of rotatable bonds is 1. The third-order valence-corrected chi connectivity index (χ3v) is 2.18. The van der Waals surface area contributed by atoms with E-state index in [2.05, 4.69) is 5.32 Å². The molecule has 1 saturated heterocycles. The highest BCUT2D eigenvalue weighted by molar-refractivity contribution is 4.90. The average Bonchev–Trinajstić information content (AvgIpc) is 1.87. The second-order valence-electron chi connectivity index (χ2n) is 3.15. The zero-order chi connectivity index (χ0) is 7.61. The molecule has 1 heterocycles. The molecule has 2 unspecified atom stereocenters. The summed E-state index contributed by atoms with van der Waals surface area (Å²) >= 11 is 0. The normalized spacial score (nSPS) is 41.7. The Balaban J connectivity index is 2.51. The van der Waals surface area contributed by atoms with Crippen molar-refractivity contribution in [3.63, 3.8) is 0 Å². The minimum absolute atomic E-state index is 0.0208. The smallest absolute Gasteiger partial charge is 0.0794 e. The summed E-state index contributed by atoms with van der Waals surface area (Å²) in [6.45, 7) is 2.69. The average molecular weight is 145 g/mol. The molecule has 2 atom stereocenters. The zero-order valence-electron chi connectivity index (χ0n) is 6.30. The van der Waals surface area contributed by atoms with Gasteiger partial charge < -0.3 is 15.5 Å². The van der Waals surface area contributed by atoms with Crippen molar-refractivity contribution in [3.8, 4) is 0 Å². The topological polar surface area (TPSA) is 52.5 Å². The first-order chi connectivity index (χ1) is 4.67. The number of nitrogens with one attached hydrogen (secondary N) is 1. The number of aliphatic hydroxyl groups is 2. The summed E-state index contributed by atoms with van der Waals surface area (Å²) in [6, 6.07) is -0.138. The van der Waals surface area contributed by atoms with Crippen molar-refractivity contribution in [2.75, 3.05) is 13.2 Å². The number of hydrogen-bond donors (Lipinski definition) is 3. The van der Waals surface area contributed by atoms with E-state index in [1.165, 1.54) is 0 Å². The molecule has 3 heteroatoms. The van der Waals surface area contributed by atoms with E-state index in [1.54, 1.807) is 6.92 Å². The van der Waals surface area contributed by atoms with Gasteiger partial charge in [-0.3, -0.25) is 0 Å². The highest BCUT2D eigenvalue weighted by atomic mass is 16.3. The lowest BCUT2D eigenvalue weighted by molar-refractivity contribution is -0.0246. The minimum atomic E-state index is -0.715. The maximum Gasteiger partial charge on any atom is 0.0794 e. The van der Waals surface area contributed by atoms with Crippen LogP contribution in [0.4, 0.5) is 0 Å². The lowest BCUT2D eigenvalue weighted by Gasteiger charge is -2.36. The lowest BCUT2D eigenvalue weighted by atomic mass is 9.88. The summed E-state index contributed by atoms with van der Waals surface area (Å²) in [7, 11) is 0. The summed E-state index contributed by atoms with van der Waals surface area (Å²) in [5.74, 6) is 0. The van der Waals surface area contributed by atoms with Crippen molar-refractivity contribution in [1.29, 1.82) is 0 Å². The van der Waals surface area contributed by atoms with Crippen LogP contribution in [0.5, 0.6) is 0 Å². The fourth-order valence-electron chi connectivity index (χ4n) is 1.38. The Labute approximate surface area is 61.1 Å². The molecular weight excluding hydrogens is 130 g/mol. The largest absolute Gasteiger partial charge is 0.395 e. The van der Waals surface area contributed by atoms with Crippen LogP contribution >= 0.6 is 0 Å². The van der Waals surface area contributed by atoms with Crippen LogP contribution in [0.2, 0.25) is 0 Å². The molecule has 0 spiro atoms. The molecule has 60 valence electrons. The van der Waals surface area contributed by atoms with Gasteiger partial charge in [-0.15, -0.1) is 0 Å². The summed E-state index contributed by atoms with van der Waals surface area (Å²) in [6.07, 6.45) is 1.77. The molecule has 0 aliphatic carbocycles. The molecule has 1 rings (SSSR count). The Morgan fingerprint density at radius 2 is 2.40 bits per heavy atom. The van der Waals surface area contributed by atoms with E-state index in [0.29, 0.717) is 0 Å². The Hall–Kier alpha value is -0.120. The molecule has 0 aromatic rings. The van der Waals surface area contributed by atoms with Gasteiger partial charge in [-0.2, -0.15) is 0 Å². The predicted molar refractivity (Wildman–Crippen MR) is 38.7 cm³/mol. The highest BCUT2D eigenvalue weighted by Gasteiger charge is 2.33. The van der Waals surface area contributed by atoms with Crippen molar-refractivity contribution in [2.24, 2.45) is 0 Å². The van der Waals surface area contributed by atoms with Gasteiger partial charge in [0, 0.05) is 0 Å². The van der Waals surface area contributed by atoms with Crippen molar-refractivity contribution in [2.45, 2.75) is 31.4 Å².